The molecule has 0 saturated carbocycles. The van der Waals surface area contributed by atoms with E-state index in [1.165, 1.54) is 10.4 Å². The van der Waals surface area contributed by atoms with Gasteiger partial charge in [-0.1, -0.05) is 13.0 Å². The zero-order valence-corrected chi connectivity index (χ0v) is 11.0. The van der Waals surface area contributed by atoms with E-state index >= 15 is 0 Å². The Morgan fingerprint density at radius 2 is 2.24 bits per heavy atom. The summed E-state index contributed by atoms with van der Waals surface area (Å²) in [5.74, 6) is 0. The molecule has 17 heavy (non-hydrogen) atoms. The molecule has 0 radical (unpaired) electrons. The second kappa shape index (κ2) is 5.89. The number of rotatable bonds is 5. The molecule has 0 fully saturated rings. The highest BCUT2D eigenvalue weighted by molar-refractivity contribution is 7.09. The highest BCUT2D eigenvalue weighted by Crippen LogP contribution is 2.24. The van der Waals surface area contributed by atoms with Gasteiger partial charge in [0.15, 0.2) is 0 Å². The Hall–Kier alpha value is -1.26. The van der Waals surface area contributed by atoms with Crippen molar-refractivity contribution in [3.63, 3.8) is 0 Å². The molecule has 1 N–H and O–H groups in total. The Balaban J connectivity index is 2.23. The van der Waals surface area contributed by atoms with Crippen molar-refractivity contribution in [2.24, 2.45) is 0 Å². The van der Waals surface area contributed by atoms with Gasteiger partial charge in [-0.05, 0) is 31.5 Å². The number of nitrogens with one attached hydrogen (secondary N) is 1. The highest BCUT2D eigenvalue weighted by Gasteiger charge is 2.14. The average molecular weight is 247 g/mol. The summed E-state index contributed by atoms with van der Waals surface area (Å²) in [4.78, 5) is 9.75. The SMILES string of the molecule is CCCNC(c1ccc(C)nc1)c1cncs1. The van der Waals surface area contributed by atoms with Crippen molar-refractivity contribution < 1.29 is 0 Å². The number of aryl methyl sites for hydroxylation is 1. The molecule has 90 valence electrons. The molecule has 0 aromatic carbocycles. The van der Waals surface area contributed by atoms with Crippen LogP contribution in [0, 0.1) is 6.92 Å². The van der Waals surface area contributed by atoms with Gasteiger partial charge in [-0.2, -0.15) is 0 Å². The lowest BCUT2D eigenvalue weighted by Crippen LogP contribution is -2.22. The lowest BCUT2D eigenvalue weighted by atomic mass is 10.1. The number of thiazole rings is 1. The first-order valence-electron chi connectivity index (χ1n) is 5.85. The molecule has 0 saturated heterocycles. The normalized spacial score (nSPS) is 12.6. The average Bonchev–Trinajstić information content (AvgIpc) is 2.85. The molecular weight excluding hydrogens is 230 g/mol. The maximum absolute atomic E-state index is 4.36. The molecule has 0 amide bonds. The fourth-order valence-corrected chi connectivity index (χ4v) is 2.41. The Labute approximate surface area is 106 Å². The summed E-state index contributed by atoms with van der Waals surface area (Å²) >= 11 is 1.68. The summed E-state index contributed by atoms with van der Waals surface area (Å²) in [7, 11) is 0. The number of hydrogen-bond donors (Lipinski definition) is 1. The van der Waals surface area contributed by atoms with Gasteiger partial charge in [0.2, 0.25) is 0 Å². The maximum Gasteiger partial charge on any atom is 0.0794 e. The van der Waals surface area contributed by atoms with Crippen LogP contribution in [0.15, 0.2) is 30.0 Å². The minimum atomic E-state index is 0.218. The predicted molar refractivity (Wildman–Crippen MR) is 71.2 cm³/mol. The molecule has 1 unspecified atom stereocenters. The van der Waals surface area contributed by atoms with Crippen LogP contribution in [0.2, 0.25) is 0 Å². The summed E-state index contributed by atoms with van der Waals surface area (Å²) < 4.78 is 0. The largest absolute Gasteiger partial charge is 0.306 e. The van der Waals surface area contributed by atoms with Crippen molar-refractivity contribution in [2.45, 2.75) is 26.3 Å². The predicted octanol–water partition coefficient (Wildman–Crippen LogP) is 2.94. The van der Waals surface area contributed by atoms with Gasteiger partial charge in [0.05, 0.1) is 11.6 Å². The molecule has 0 aliphatic rings. The van der Waals surface area contributed by atoms with Crippen molar-refractivity contribution in [2.75, 3.05) is 6.54 Å². The molecule has 2 aromatic heterocycles. The second-order valence-corrected chi connectivity index (χ2v) is 4.94. The fraction of sp³-hybridized carbons (Fsp3) is 0.385. The zero-order chi connectivity index (χ0) is 12.1. The van der Waals surface area contributed by atoms with Crippen molar-refractivity contribution >= 4 is 11.3 Å². The standard InChI is InChI=1S/C13H17N3S/c1-3-6-15-13(12-8-14-9-17-12)11-5-4-10(2)16-7-11/h4-5,7-9,13,15H,3,6H2,1-2H3. The van der Waals surface area contributed by atoms with Crippen LogP contribution in [0.4, 0.5) is 0 Å². The summed E-state index contributed by atoms with van der Waals surface area (Å²) in [5.41, 5.74) is 4.12. The molecular formula is C13H17N3S. The van der Waals surface area contributed by atoms with Gasteiger partial charge in [0, 0.05) is 23.0 Å². The van der Waals surface area contributed by atoms with Crippen LogP contribution in [0.25, 0.3) is 0 Å². The van der Waals surface area contributed by atoms with Crippen LogP contribution in [-0.2, 0) is 0 Å². The van der Waals surface area contributed by atoms with Crippen LogP contribution >= 0.6 is 11.3 Å². The van der Waals surface area contributed by atoms with E-state index in [1.807, 2.05) is 24.8 Å². The molecule has 3 nitrogen and oxygen atoms in total. The fourth-order valence-electron chi connectivity index (χ4n) is 1.69. The van der Waals surface area contributed by atoms with E-state index in [-0.39, 0.29) is 6.04 Å². The Kier molecular flexibility index (Phi) is 4.23. The quantitative estimate of drug-likeness (QED) is 0.882. The molecule has 2 rings (SSSR count). The maximum atomic E-state index is 4.36. The second-order valence-electron chi connectivity index (χ2n) is 4.02. The highest BCUT2D eigenvalue weighted by atomic mass is 32.1. The molecule has 0 spiro atoms. The van der Waals surface area contributed by atoms with Crippen molar-refractivity contribution in [3.05, 3.63) is 46.2 Å². The molecule has 2 aromatic rings. The summed E-state index contributed by atoms with van der Waals surface area (Å²) in [6.45, 7) is 5.17. The summed E-state index contributed by atoms with van der Waals surface area (Å²) in [6, 6.07) is 4.40. The minimum absolute atomic E-state index is 0.218. The lowest BCUT2D eigenvalue weighted by Gasteiger charge is -2.16. The van der Waals surface area contributed by atoms with Crippen molar-refractivity contribution in [1.29, 1.82) is 0 Å². The van der Waals surface area contributed by atoms with Gasteiger partial charge in [0.25, 0.3) is 0 Å². The van der Waals surface area contributed by atoms with Crippen molar-refractivity contribution in [3.8, 4) is 0 Å². The van der Waals surface area contributed by atoms with E-state index in [1.54, 1.807) is 11.3 Å². The first kappa shape index (κ1) is 12.2. The van der Waals surface area contributed by atoms with Gasteiger partial charge in [-0.15, -0.1) is 11.3 Å². The van der Waals surface area contributed by atoms with Crippen LogP contribution < -0.4 is 5.32 Å². The third-order valence-electron chi connectivity index (χ3n) is 2.60. The smallest absolute Gasteiger partial charge is 0.0794 e. The van der Waals surface area contributed by atoms with E-state index < -0.39 is 0 Å². The number of pyridine rings is 1. The first-order chi connectivity index (χ1) is 8.31. The van der Waals surface area contributed by atoms with Crippen LogP contribution in [0.3, 0.4) is 0 Å². The van der Waals surface area contributed by atoms with Gasteiger partial charge in [0.1, 0.15) is 0 Å². The van der Waals surface area contributed by atoms with Gasteiger partial charge >= 0.3 is 0 Å². The lowest BCUT2D eigenvalue weighted by molar-refractivity contribution is 0.603. The van der Waals surface area contributed by atoms with E-state index in [0.717, 1.165) is 18.7 Å². The summed E-state index contributed by atoms with van der Waals surface area (Å²) in [5, 5.41) is 3.54. The topological polar surface area (TPSA) is 37.8 Å². The molecule has 0 bridgehead atoms. The third kappa shape index (κ3) is 3.11. The van der Waals surface area contributed by atoms with E-state index in [4.69, 9.17) is 0 Å². The minimum Gasteiger partial charge on any atom is -0.306 e. The number of hydrogen-bond acceptors (Lipinski definition) is 4. The van der Waals surface area contributed by atoms with Gasteiger partial charge < -0.3 is 5.32 Å². The molecule has 0 aliphatic carbocycles. The molecule has 2 heterocycles. The van der Waals surface area contributed by atoms with E-state index in [9.17, 15) is 0 Å². The first-order valence-corrected chi connectivity index (χ1v) is 6.73. The Bertz CT molecular complexity index is 436. The van der Waals surface area contributed by atoms with Crippen LogP contribution in [-0.4, -0.2) is 16.5 Å². The number of nitrogens with zero attached hydrogens (tertiary/aromatic N) is 2. The summed E-state index contributed by atoms with van der Waals surface area (Å²) in [6.07, 6.45) is 4.99. The zero-order valence-electron chi connectivity index (χ0n) is 10.2. The van der Waals surface area contributed by atoms with Gasteiger partial charge in [-0.25, -0.2) is 0 Å². The van der Waals surface area contributed by atoms with Crippen molar-refractivity contribution in [1.82, 2.24) is 15.3 Å². The van der Waals surface area contributed by atoms with E-state index in [2.05, 4.69) is 34.3 Å². The molecule has 4 heteroatoms. The Morgan fingerprint density at radius 1 is 1.35 bits per heavy atom. The van der Waals surface area contributed by atoms with E-state index in [0.29, 0.717) is 0 Å². The Morgan fingerprint density at radius 3 is 2.82 bits per heavy atom. The number of aromatic nitrogens is 2. The molecule has 0 aliphatic heterocycles. The monoisotopic (exact) mass is 247 g/mol. The van der Waals surface area contributed by atoms with Crippen LogP contribution in [0.5, 0.6) is 0 Å². The third-order valence-corrected chi connectivity index (χ3v) is 3.44. The van der Waals surface area contributed by atoms with Gasteiger partial charge in [-0.3, -0.25) is 9.97 Å². The molecule has 1 atom stereocenters. The van der Waals surface area contributed by atoms with Crippen LogP contribution in [0.1, 0.15) is 35.5 Å².